The normalized spacial score (nSPS) is 19.9. The maximum Gasteiger partial charge on any atom is 0.335 e. The highest BCUT2D eigenvalue weighted by Crippen LogP contribution is 2.18. The molecule has 0 saturated carbocycles. The quantitative estimate of drug-likeness (QED) is 0.839. The zero-order chi connectivity index (χ0) is 13.0. The third kappa shape index (κ3) is 3.01. The molecule has 4 heteroatoms. The number of aromatic carboxylic acids is 1. The number of carbonyl (C=O) groups is 1. The van der Waals surface area contributed by atoms with Gasteiger partial charge in [0.15, 0.2) is 0 Å². The van der Waals surface area contributed by atoms with Crippen LogP contribution in [0.5, 0.6) is 0 Å². The van der Waals surface area contributed by atoms with Crippen LogP contribution in [0.1, 0.15) is 30.1 Å². The van der Waals surface area contributed by atoms with E-state index in [1.165, 1.54) is 19.4 Å². The first-order chi connectivity index (χ1) is 8.70. The van der Waals surface area contributed by atoms with Crippen LogP contribution in [0.4, 0.5) is 5.69 Å². The van der Waals surface area contributed by atoms with Gasteiger partial charge in [-0.1, -0.05) is 13.0 Å². The number of likely N-dealkylation sites (tertiary alicyclic amines) is 1. The van der Waals surface area contributed by atoms with Gasteiger partial charge in [0.2, 0.25) is 0 Å². The first-order valence-corrected chi connectivity index (χ1v) is 6.52. The largest absolute Gasteiger partial charge is 0.478 e. The minimum Gasteiger partial charge on any atom is -0.478 e. The van der Waals surface area contributed by atoms with E-state index in [2.05, 4.69) is 17.1 Å². The summed E-state index contributed by atoms with van der Waals surface area (Å²) in [5.41, 5.74) is 1.22. The Morgan fingerprint density at radius 2 is 2.39 bits per heavy atom. The maximum atomic E-state index is 10.9. The molecule has 1 heterocycles. The van der Waals surface area contributed by atoms with E-state index in [9.17, 15) is 4.79 Å². The molecule has 4 nitrogen and oxygen atoms in total. The van der Waals surface area contributed by atoms with Gasteiger partial charge in [-0.15, -0.1) is 0 Å². The Bertz CT molecular complexity index is 420. The lowest BCUT2D eigenvalue weighted by molar-refractivity contribution is 0.0697. The van der Waals surface area contributed by atoms with Gasteiger partial charge in [-0.3, -0.25) is 4.90 Å². The average Bonchev–Trinajstić information content (AvgIpc) is 2.84. The molecule has 1 atom stereocenters. The van der Waals surface area contributed by atoms with E-state index in [-0.39, 0.29) is 0 Å². The number of carboxylic acid groups (broad SMARTS) is 1. The van der Waals surface area contributed by atoms with Crippen LogP contribution < -0.4 is 5.32 Å². The van der Waals surface area contributed by atoms with Crippen molar-refractivity contribution in [2.45, 2.75) is 25.8 Å². The second kappa shape index (κ2) is 5.87. The van der Waals surface area contributed by atoms with Crippen molar-refractivity contribution in [3.63, 3.8) is 0 Å². The molecule has 1 aliphatic heterocycles. The number of nitrogens with zero attached hydrogens (tertiary/aromatic N) is 1. The van der Waals surface area contributed by atoms with Crippen molar-refractivity contribution in [1.29, 1.82) is 0 Å². The van der Waals surface area contributed by atoms with E-state index in [4.69, 9.17) is 5.11 Å². The highest BCUT2D eigenvalue weighted by molar-refractivity contribution is 5.88. The van der Waals surface area contributed by atoms with Gasteiger partial charge >= 0.3 is 5.97 Å². The van der Waals surface area contributed by atoms with E-state index in [0.29, 0.717) is 11.6 Å². The van der Waals surface area contributed by atoms with Crippen molar-refractivity contribution in [1.82, 2.24) is 4.90 Å². The fourth-order valence-corrected chi connectivity index (χ4v) is 2.54. The summed E-state index contributed by atoms with van der Waals surface area (Å²) in [7, 11) is 0. The Morgan fingerprint density at radius 1 is 1.56 bits per heavy atom. The van der Waals surface area contributed by atoms with Crippen LogP contribution in [0, 0.1) is 0 Å². The van der Waals surface area contributed by atoms with E-state index in [1.54, 1.807) is 18.2 Å². The average molecular weight is 248 g/mol. The molecule has 18 heavy (non-hydrogen) atoms. The Labute approximate surface area is 108 Å². The third-order valence-corrected chi connectivity index (χ3v) is 3.56. The molecule has 1 fully saturated rings. The Hall–Kier alpha value is -1.55. The molecule has 1 saturated heterocycles. The zero-order valence-corrected chi connectivity index (χ0v) is 10.7. The summed E-state index contributed by atoms with van der Waals surface area (Å²) >= 11 is 0. The third-order valence-electron chi connectivity index (χ3n) is 3.56. The van der Waals surface area contributed by atoms with Gasteiger partial charge in [-0.2, -0.15) is 0 Å². The lowest BCUT2D eigenvalue weighted by Crippen LogP contribution is -2.34. The molecule has 2 N–H and O–H groups in total. The van der Waals surface area contributed by atoms with Crippen LogP contribution in [-0.2, 0) is 0 Å². The summed E-state index contributed by atoms with van der Waals surface area (Å²) in [4.78, 5) is 13.3. The molecule has 98 valence electrons. The van der Waals surface area contributed by atoms with E-state index in [1.807, 2.05) is 6.07 Å². The number of rotatable bonds is 5. The predicted molar refractivity (Wildman–Crippen MR) is 72.2 cm³/mol. The number of anilines is 1. The van der Waals surface area contributed by atoms with Crippen LogP contribution in [0.3, 0.4) is 0 Å². The molecule has 2 rings (SSSR count). The SMILES string of the molecule is CCN1CCCC1CNc1cccc(C(=O)O)c1. The molecule has 1 aliphatic rings. The first-order valence-electron chi connectivity index (χ1n) is 6.52. The molecule has 0 spiro atoms. The summed E-state index contributed by atoms with van der Waals surface area (Å²) in [6.07, 6.45) is 2.48. The number of nitrogens with one attached hydrogen (secondary N) is 1. The fourth-order valence-electron chi connectivity index (χ4n) is 2.54. The molecule has 1 unspecified atom stereocenters. The Kier molecular flexibility index (Phi) is 4.20. The Morgan fingerprint density at radius 3 is 3.11 bits per heavy atom. The van der Waals surface area contributed by atoms with Crippen molar-refractivity contribution >= 4 is 11.7 Å². The van der Waals surface area contributed by atoms with E-state index < -0.39 is 5.97 Å². The second-order valence-corrected chi connectivity index (χ2v) is 4.69. The van der Waals surface area contributed by atoms with Crippen LogP contribution in [0.25, 0.3) is 0 Å². The molecule has 0 amide bonds. The van der Waals surface area contributed by atoms with Gasteiger partial charge in [-0.05, 0) is 44.1 Å². The predicted octanol–water partition coefficient (Wildman–Crippen LogP) is 2.28. The fraction of sp³-hybridized carbons (Fsp3) is 0.500. The molecule has 1 aromatic rings. The first kappa shape index (κ1) is 12.9. The summed E-state index contributed by atoms with van der Waals surface area (Å²) < 4.78 is 0. The number of likely N-dealkylation sites (N-methyl/N-ethyl adjacent to an activating group) is 1. The second-order valence-electron chi connectivity index (χ2n) is 4.69. The molecule has 0 radical (unpaired) electrons. The van der Waals surface area contributed by atoms with Crippen LogP contribution in [-0.4, -0.2) is 41.7 Å². The minimum atomic E-state index is -0.880. The molecule has 0 bridgehead atoms. The van der Waals surface area contributed by atoms with Gasteiger partial charge in [0.1, 0.15) is 0 Å². The highest BCUT2D eigenvalue weighted by Gasteiger charge is 2.22. The van der Waals surface area contributed by atoms with Crippen molar-refractivity contribution < 1.29 is 9.90 Å². The monoisotopic (exact) mass is 248 g/mol. The molecular formula is C14H20N2O2. The minimum absolute atomic E-state index is 0.332. The smallest absolute Gasteiger partial charge is 0.335 e. The van der Waals surface area contributed by atoms with Gasteiger partial charge in [-0.25, -0.2) is 4.79 Å². The van der Waals surface area contributed by atoms with Gasteiger partial charge in [0, 0.05) is 18.3 Å². The van der Waals surface area contributed by atoms with Gasteiger partial charge in [0.05, 0.1) is 5.56 Å². The van der Waals surface area contributed by atoms with Crippen LogP contribution >= 0.6 is 0 Å². The summed E-state index contributed by atoms with van der Waals surface area (Å²) in [6, 6.07) is 7.56. The lowest BCUT2D eigenvalue weighted by atomic mass is 10.2. The van der Waals surface area contributed by atoms with E-state index >= 15 is 0 Å². The molecule has 1 aromatic carbocycles. The number of hydrogen-bond acceptors (Lipinski definition) is 3. The standard InChI is InChI=1S/C14H20N2O2/c1-2-16-8-4-7-13(16)10-15-12-6-3-5-11(9-12)14(17)18/h3,5-6,9,13,15H,2,4,7-8,10H2,1H3,(H,17,18). The topological polar surface area (TPSA) is 52.6 Å². The van der Waals surface area contributed by atoms with Gasteiger partial charge in [0.25, 0.3) is 0 Å². The van der Waals surface area contributed by atoms with E-state index in [0.717, 1.165) is 18.8 Å². The lowest BCUT2D eigenvalue weighted by Gasteiger charge is -2.23. The van der Waals surface area contributed by atoms with Crippen molar-refractivity contribution in [3.05, 3.63) is 29.8 Å². The highest BCUT2D eigenvalue weighted by atomic mass is 16.4. The number of carboxylic acids is 1. The zero-order valence-electron chi connectivity index (χ0n) is 10.7. The molecule has 0 aliphatic carbocycles. The maximum absolute atomic E-state index is 10.9. The van der Waals surface area contributed by atoms with Crippen molar-refractivity contribution in [3.8, 4) is 0 Å². The van der Waals surface area contributed by atoms with Gasteiger partial charge < -0.3 is 10.4 Å². The molecular weight excluding hydrogens is 228 g/mol. The molecule has 0 aromatic heterocycles. The van der Waals surface area contributed by atoms with Crippen molar-refractivity contribution in [2.24, 2.45) is 0 Å². The van der Waals surface area contributed by atoms with Crippen LogP contribution in [0.2, 0.25) is 0 Å². The van der Waals surface area contributed by atoms with Crippen LogP contribution in [0.15, 0.2) is 24.3 Å². The summed E-state index contributed by atoms with van der Waals surface area (Å²) in [6.45, 7) is 5.33. The van der Waals surface area contributed by atoms with Crippen molar-refractivity contribution in [2.75, 3.05) is 25.0 Å². The number of benzene rings is 1. The Balaban J connectivity index is 1.93. The summed E-state index contributed by atoms with van der Waals surface area (Å²) in [5.74, 6) is -0.880. The summed E-state index contributed by atoms with van der Waals surface area (Å²) in [5, 5.41) is 12.3. The number of hydrogen-bond donors (Lipinski definition) is 2.